The SMILES string of the molecule is C=CC[C](C(=O)O)c1ccccc1. The summed E-state index contributed by atoms with van der Waals surface area (Å²) in [5.41, 5.74) is 0.745. The van der Waals surface area contributed by atoms with Crippen molar-refractivity contribution in [2.24, 2.45) is 0 Å². The molecule has 67 valence electrons. The molecule has 1 radical (unpaired) electrons. The topological polar surface area (TPSA) is 37.3 Å². The second-order valence-electron chi connectivity index (χ2n) is 2.64. The molecule has 1 N–H and O–H groups in total. The Balaban J connectivity index is 2.88. The van der Waals surface area contributed by atoms with Crippen LogP contribution in [0.1, 0.15) is 12.0 Å². The fourth-order valence-electron chi connectivity index (χ4n) is 1.11. The zero-order valence-corrected chi connectivity index (χ0v) is 7.23. The van der Waals surface area contributed by atoms with Crippen molar-refractivity contribution < 1.29 is 9.90 Å². The van der Waals surface area contributed by atoms with Gasteiger partial charge in [-0.3, -0.25) is 4.79 Å². The highest BCUT2D eigenvalue weighted by Gasteiger charge is 2.18. The van der Waals surface area contributed by atoms with Crippen LogP contribution in [-0.4, -0.2) is 11.1 Å². The molecule has 1 aromatic rings. The van der Waals surface area contributed by atoms with Crippen LogP contribution in [0.3, 0.4) is 0 Å². The molecule has 0 amide bonds. The predicted molar refractivity (Wildman–Crippen MR) is 51.2 cm³/mol. The summed E-state index contributed by atoms with van der Waals surface area (Å²) in [6, 6.07) is 9.07. The Morgan fingerprint density at radius 2 is 2.00 bits per heavy atom. The predicted octanol–water partition coefficient (Wildman–Crippen LogP) is 2.27. The van der Waals surface area contributed by atoms with Gasteiger partial charge in [0.1, 0.15) is 5.92 Å². The lowest BCUT2D eigenvalue weighted by atomic mass is 9.96. The molecule has 0 aromatic heterocycles. The van der Waals surface area contributed by atoms with E-state index in [1.807, 2.05) is 18.2 Å². The number of hydrogen-bond acceptors (Lipinski definition) is 1. The Labute approximate surface area is 77.5 Å². The normalized spacial score (nSPS) is 9.92. The summed E-state index contributed by atoms with van der Waals surface area (Å²) >= 11 is 0. The molecule has 2 nitrogen and oxygen atoms in total. The summed E-state index contributed by atoms with van der Waals surface area (Å²) in [4.78, 5) is 10.8. The van der Waals surface area contributed by atoms with Crippen molar-refractivity contribution in [3.05, 3.63) is 54.5 Å². The van der Waals surface area contributed by atoms with E-state index in [1.165, 1.54) is 0 Å². The zero-order chi connectivity index (χ0) is 9.68. The van der Waals surface area contributed by atoms with Gasteiger partial charge in [-0.25, -0.2) is 0 Å². The molecule has 0 aliphatic rings. The number of carboxylic acid groups (broad SMARTS) is 1. The van der Waals surface area contributed by atoms with Gasteiger partial charge in [-0.15, -0.1) is 6.58 Å². The number of allylic oxidation sites excluding steroid dienone is 1. The molecule has 0 atom stereocenters. The number of hydrogen-bond donors (Lipinski definition) is 1. The Hall–Kier alpha value is -1.57. The van der Waals surface area contributed by atoms with Crippen LogP contribution < -0.4 is 0 Å². The fraction of sp³-hybridized carbons (Fsp3) is 0.0909. The first kappa shape index (κ1) is 9.52. The van der Waals surface area contributed by atoms with Crippen molar-refractivity contribution in [2.75, 3.05) is 0 Å². The Bertz CT molecular complexity index is 290. The van der Waals surface area contributed by atoms with E-state index < -0.39 is 5.97 Å². The minimum absolute atomic E-state index is 0.385. The first-order valence-electron chi connectivity index (χ1n) is 4.01. The molecular formula is C11H11O2. The van der Waals surface area contributed by atoms with Gasteiger partial charge in [-0.1, -0.05) is 36.4 Å². The van der Waals surface area contributed by atoms with Gasteiger partial charge < -0.3 is 5.11 Å². The molecule has 13 heavy (non-hydrogen) atoms. The van der Waals surface area contributed by atoms with Gasteiger partial charge in [-0.2, -0.15) is 0 Å². The van der Waals surface area contributed by atoms with Crippen LogP contribution in [0.4, 0.5) is 0 Å². The van der Waals surface area contributed by atoms with Gasteiger partial charge in [0.15, 0.2) is 0 Å². The Morgan fingerprint density at radius 1 is 1.38 bits per heavy atom. The van der Waals surface area contributed by atoms with Crippen LogP contribution in [-0.2, 0) is 4.79 Å². The van der Waals surface area contributed by atoms with E-state index in [1.54, 1.807) is 18.2 Å². The van der Waals surface area contributed by atoms with E-state index in [-0.39, 0.29) is 0 Å². The fourth-order valence-corrected chi connectivity index (χ4v) is 1.11. The molecule has 0 saturated carbocycles. The summed E-state index contributed by atoms with van der Waals surface area (Å²) in [6.07, 6.45) is 1.98. The first-order chi connectivity index (χ1) is 6.25. The monoisotopic (exact) mass is 175 g/mol. The molecule has 0 aliphatic heterocycles. The number of carboxylic acids is 1. The van der Waals surface area contributed by atoms with Crippen LogP contribution in [0, 0.1) is 5.92 Å². The van der Waals surface area contributed by atoms with Crippen molar-refractivity contribution in [3.63, 3.8) is 0 Å². The molecule has 0 aliphatic carbocycles. The zero-order valence-electron chi connectivity index (χ0n) is 7.23. The number of benzene rings is 1. The van der Waals surface area contributed by atoms with Crippen molar-refractivity contribution in [3.8, 4) is 0 Å². The van der Waals surface area contributed by atoms with Gasteiger partial charge in [0.25, 0.3) is 0 Å². The molecule has 0 heterocycles. The molecular weight excluding hydrogens is 164 g/mol. The molecule has 0 spiro atoms. The highest BCUT2D eigenvalue weighted by atomic mass is 16.4. The van der Waals surface area contributed by atoms with Crippen molar-refractivity contribution in [2.45, 2.75) is 6.42 Å². The van der Waals surface area contributed by atoms with Crippen LogP contribution >= 0.6 is 0 Å². The Morgan fingerprint density at radius 3 is 2.46 bits per heavy atom. The maximum Gasteiger partial charge on any atom is 0.315 e. The second kappa shape index (κ2) is 4.45. The third-order valence-electron chi connectivity index (χ3n) is 1.73. The molecule has 1 rings (SSSR count). The van der Waals surface area contributed by atoms with Crippen molar-refractivity contribution >= 4 is 5.97 Å². The summed E-state index contributed by atoms with van der Waals surface area (Å²) in [5, 5.41) is 8.87. The summed E-state index contributed by atoms with van der Waals surface area (Å²) in [5.74, 6) is -0.498. The average Bonchev–Trinajstić information content (AvgIpc) is 2.15. The van der Waals surface area contributed by atoms with E-state index in [0.717, 1.165) is 5.56 Å². The van der Waals surface area contributed by atoms with Crippen LogP contribution in [0.2, 0.25) is 0 Å². The van der Waals surface area contributed by atoms with E-state index >= 15 is 0 Å². The lowest BCUT2D eigenvalue weighted by Crippen LogP contribution is -2.11. The molecule has 0 saturated heterocycles. The van der Waals surface area contributed by atoms with E-state index in [4.69, 9.17) is 5.11 Å². The quantitative estimate of drug-likeness (QED) is 0.713. The molecule has 0 unspecified atom stereocenters. The largest absolute Gasteiger partial charge is 0.481 e. The third-order valence-corrected chi connectivity index (χ3v) is 1.73. The van der Waals surface area contributed by atoms with Crippen molar-refractivity contribution in [1.29, 1.82) is 0 Å². The van der Waals surface area contributed by atoms with E-state index in [2.05, 4.69) is 6.58 Å². The van der Waals surface area contributed by atoms with Crippen LogP contribution in [0.5, 0.6) is 0 Å². The lowest BCUT2D eigenvalue weighted by Gasteiger charge is -2.08. The summed E-state index contributed by atoms with van der Waals surface area (Å²) < 4.78 is 0. The van der Waals surface area contributed by atoms with Crippen molar-refractivity contribution in [1.82, 2.24) is 0 Å². The molecule has 2 heteroatoms. The maximum absolute atomic E-state index is 10.8. The van der Waals surface area contributed by atoms with Gasteiger partial charge in [0.05, 0.1) is 0 Å². The second-order valence-corrected chi connectivity index (χ2v) is 2.64. The highest BCUT2D eigenvalue weighted by molar-refractivity contribution is 5.88. The van der Waals surface area contributed by atoms with Gasteiger partial charge >= 0.3 is 5.97 Å². The van der Waals surface area contributed by atoms with E-state index in [0.29, 0.717) is 12.3 Å². The minimum Gasteiger partial charge on any atom is -0.481 e. The smallest absolute Gasteiger partial charge is 0.315 e. The number of carbonyl (C=O) groups is 1. The molecule has 0 fully saturated rings. The van der Waals surface area contributed by atoms with E-state index in [9.17, 15) is 4.79 Å². The third kappa shape index (κ3) is 2.44. The summed E-state index contributed by atoms with van der Waals surface area (Å²) in [6.45, 7) is 3.52. The summed E-state index contributed by atoms with van der Waals surface area (Å²) in [7, 11) is 0. The molecule has 0 bridgehead atoms. The highest BCUT2D eigenvalue weighted by Crippen LogP contribution is 2.18. The van der Waals surface area contributed by atoms with Crippen LogP contribution in [0.15, 0.2) is 43.0 Å². The Kier molecular flexibility index (Phi) is 3.26. The minimum atomic E-state index is -0.883. The average molecular weight is 175 g/mol. The maximum atomic E-state index is 10.8. The number of aliphatic carboxylic acids is 1. The standard InChI is InChI=1S/C11H11O2/c1-2-6-10(11(12)13)9-7-4-3-5-8-9/h2-5,7-8H,1,6H2,(H,12,13). The van der Waals surface area contributed by atoms with Gasteiger partial charge in [0.2, 0.25) is 0 Å². The van der Waals surface area contributed by atoms with Gasteiger partial charge in [-0.05, 0) is 12.0 Å². The van der Waals surface area contributed by atoms with Gasteiger partial charge in [0, 0.05) is 0 Å². The number of rotatable bonds is 4. The first-order valence-corrected chi connectivity index (χ1v) is 4.01. The van der Waals surface area contributed by atoms with Crippen LogP contribution in [0.25, 0.3) is 0 Å². The lowest BCUT2D eigenvalue weighted by molar-refractivity contribution is -0.134. The molecule has 1 aromatic carbocycles.